The third-order valence-electron chi connectivity index (χ3n) is 5.01. The first-order chi connectivity index (χ1) is 7.49. The number of hydrogen-bond acceptors (Lipinski definition) is 3. The first-order valence-electron chi connectivity index (χ1n) is 6.41. The lowest BCUT2D eigenvalue weighted by molar-refractivity contribution is -0.307. The van der Waals surface area contributed by atoms with Crippen molar-refractivity contribution in [2.24, 2.45) is 17.3 Å². The van der Waals surface area contributed by atoms with E-state index in [1.165, 1.54) is 6.42 Å². The molecule has 4 rings (SSSR count). The number of aliphatic hydroxyl groups is 1. The number of carboxylic acids is 1. The molecule has 0 aromatic carbocycles. The fourth-order valence-corrected chi connectivity index (χ4v) is 5.06. The van der Waals surface area contributed by atoms with E-state index in [2.05, 4.69) is 0 Å². The van der Waals surface area contributed by atoms with Crippen LogP contribution in [0.2, 0.25) is 0 Å². The summed E-state index contributed by atoms with van der Waals surface area (Å²) in [4.78, 5) is 10.6. The molecular formula is C13H19O3-. The maximum Gasteiger partial charge on any atom is 0.0658 e. The van der Waals surface area contributed by atoms with Gasteiger partial charge in [-0.15, -0.1) is 0 Å². The highest BCUT2D eigenvalue weighted by Gasteiger charge is 2.56. The molecule has 0 heterocycles. The quantitative estimate of drug-likeness (QED) is 0.771. The summed E-state index contributed by atoms with van der Waals surface area (Å²) in [7, 11) is 0. The van der Waals surface area contributed by atoms with Crippen LogP contribution in [0.4, 0.5) is 0 Å². The van der Waals surface area contributed by atoms with Gasteiger partial charge in [-0.1, -0.05) is 0 Å². The van der Waals surface area contributed by atoms with Crippen molar-refractivity contribution in [1.82, 2.24) is 0 Å². The second-order valence-electron chi connectivity index (χ2n) is 6.56. The molecule has 90 valence electrons. The molecule has 0 spiro atoms. The van der Waals surface area contributed by atoms with Gasteiger partial charge < -0.3 is 15.0 Å². The van der Waals surface area contributed by atoms with Crippen molar-refractivity contribution in [2.45, 2.75) is 57.0 Å². The van der Waals surface area contributed by atoms with E-state index in [1.54, 1.807) is 0 Å². The van der Waals surface area contributed by atoms with Crippen LogP contribution in [0.1, 0.15) is 51.4 Å². The number of carbonyl (C=O) groups excluding carboxylic acids is 1. The summed E-state index contributed by atoms with van der Waals surface area (Å²) in [6.45, 7) is 0. The molecule has 0 aliphatic heterocycles. The maximum atomic E-state index is 10.6. The molecule has 3 heteroatoms. The van der Waals surface area contributed by atoms with Crippen molar-refractivity contribution >= 4 is 5.97 Å². The highest BCUT2D eigenvalue weighted by atomic mass is 16.4. The van der Waals surface area contributed by atoms with Crippen LogP contribution in [0.15, 0.2) is 0 Å². The zero-order valence-corrected chi connectivity index (χ0v) is 9.58. The zero-order valence-electron chi connectivity index (χ0n) is 9.58. The Bertz CT molecular complexity index is 309. The number of carboxylic acid groups (broad SMARTS) is 1. The first kappa shape index (κ1) is 10.6. The minimum Gasteiger partial charge on any atom is -0.550 e. The third kappa shape index (κ3) is 1.65. The highest BCUT2D eigenvalue weighted by Crippen LogP contribution is 2.63. The number of aliphatic carboxylic acids is 1. The second-order valence-corrected chi connectivity index (χ2v) is 6.56. The molecule has 3 nitrogen and oxygen atoms in total. The molecule has 4 saturated carbocycles. The van der Waals surface area contributed by atoms with Crippen LogP contribution in [-0.2, 0) is 4.79 Å². The lowest BCUT2D eigenvalue weighted by Crippen LogP contribution is -2.55. The van der Waals surface area contributed by atoms with E-state index in [1.807, 2.05) is 0 Å². The first-order valence-corrected chi connectivity index (χ1v) is 6.41. The van der Waals surface area contributed by atoms with Gasteiger partial charge in [-0.25, -0.2) is 0 Å². The fourth-order valence-electron chi connectivity index (χ4n) is 5.06. The Morgan fingerprint density at radius 1 is 1.25 bits per heavy atom. The van der Waals surface area contributed by atoms with Crippen molar-refractivity contribution in [1.29, 1.82) is 0 Å². The van der Waals surface area contributed by atoms with Crippen molar-refractivity contribution in [3.63, 3.8) is 0 Å². The SMILES string of the molecule is O=C([O-])CCC12CC3CC(CC(O)(C3)C1)C2. The molecule has 4 bridgehead atoms. The lowest BCUT2D eigenvalue weighted by Gasteiger charge is -2.60. The minimum atomic E-state index is -0.942. The molecule has 0 aromatic rings. The smallest absolute Gasteiger partial charge is 0.0658 e. The van der Waals surface area contributed by atoms with Crippen LogP contribution in [0.25, 0.3) is 0 Å². The average Bonchev–Trinajstić information content (AvgIpc) is 2.10. The number of carbonyl (C=O) groups is 1. The van der Waals surface area contributed by atoms with Gasteiger partial charge in [0.25, 0.3) is 0 Å². The summed E-state index contributed by atoms with van der Waals surface area (Å²) in [5.41, 5.74) is -0.338. The van der Waals surface area contributed by atoms with Gasteiger partial charge in [0.05, 0.1) is 5.60 Å². The van der Waals surface area contributed by atoms with Gasteiger partial charge in [0.2, 0.25) is 0 Å². The average molecular weight is 223 g/mol. The van der Waals surface area contributed by atoms with Crippen LogP contribution in [0.3, 0.4) is 0 Å². The Hall–Kier alpha value is -0.570. The molecule has 4 aliphatic rings. The van der Waals surface area contributed by atoms with E-state index in [-0.39, 0.29) is 11.8 Å². The Morgan fingerprint density at radius 3 is 2.38 bits per heavy atom. The summed E-state index contributed by atoms with van der Waals surface area (Å²) in [5, 5.41) is 21.1. The number of rotatable bonds is 3. The Kier molecular flexibility index (Phi) is 2.13. The van der Waals surface area contributed by atoms with Crippen LogP contribution in [-0.4, -0.2) is 16.7 Å². The van der Waals surface area contributed by atoms with Gasteiger partial charge in [-0.05, 0) is 68.6 Å². The fraction of sp³-hybridized carbons (Fsp3) is 0.923. The molecule has 0 aromatic heterocycles. The second kappa shape index (κ2) is 3.22. The summed E-state index contributed by atoms with van der Waals surface area (Å²) < 4.78 is 0. The Labute approximate surface area is 95.9 Å². The van der Waals surface area contributed by atoms with Crippen molar-refractivity contribution < 1.29 is 15.0 Å². The van der Waals surface area contributed by atoms with Gasteiger partial charge in [0, 0.05) is 5.97 Å². The highest BCUT2D eigenvalue weighted by molar-refractivity contribution is 5.64. The van der Waals surface area contributed by atoms with Gasteiger partial charge >= 0.3 is 0 Å². The topological polar surface area (TPSA) is 60.4 Å². The van der Waals surface area contributed by atoms with Crippen LogP contribution >= 0.6 is 0 Å². The van der Waals surface area contributed by atoms with E-state index in [4.69, 9.17) is 0 Å². The summed E-state index contributed by atoms with van der Waals surface area (Å²) in [5.74, 6) is 0.351. The molecule has 4 fully saturated rings. The van der Waals surface area contributed by atoms with Gasteiger partial charge in [0.1, 0.15) is 0 Å². The van der Waals surface area contributed by atoms with E-state index in [9.17, 15) is 15.0 Å². The zero-order chi connectivity index (χ0) is 11.4. The molecule has 1 N–H and O–H groups in total. The molecule has 2 atom stereocenters. The molecule has 0 saturated heterocycles. The minimum absolute atomic E-state index is 0.124. The van der Waals surface area contributed by atoms with Crippen molar-refractivity contribution in [3.8, 4) is 0 Å². The van der Waals surface area contributed by atoms with E-state index in [0.717, 1.165) is 32.1 Å². The summed E-state index contributed by atoms with van der Waals surface area (Å²) in [6.07, 6.45) is 7.15. The standard InChI is InChI=1S/C13H20O3/c14-11(15)1-2-12-4-9-3-10(5-12)7-13(16,6-9)8-12/h9-10,16H,1-8H2,(H,14,15)/p-1. The molecule has 4 aliphatic carbocycles. The van der Waals surface area contributed by atoms with Crippen LogP contribution < -0.4 is 5.11 Å². The molecule has 0 amide bonds. The van der Waals surface area contributed by atoms with Crippen molar-refractivity contribution in [3.05, 3.63) is 0 Å². The number of hydrogen-bond donors (Lipinski definition) is 1. The third-order valence-corrected chi connectivity index (χ3v) is 5.01. The monoisotopic (exact) mass is 223 g/mol. The van der Waals surface area contributed by atoms with Crippen LogP contribution in [0.5, 0.6) is 0 Å². The molecular weight excluding hydrogens is 204 g/mol. The van der Waals surface area contributed by atoms with E-state index >= 15 is 0 Å². The Balaban J connectivity index is 1.78. The largest absolute Gasteiger partial charge is 0.550 e. The summed E-state index contributed by atoms with van der Waals surface area (Å²) >= 11 is 0. The molecule has 2 unspecified atom stereocenters. The van der Waals surface area contributed by atoms with Gasteiger partial charge in [-0.2, -0.15) is 0 Å². The van der Waals surface area contributed by atoms with E-state index < -0.39 is 11.6 Å². The van der Waals surface area contributed by atoms with Crippen molar-refractivity contribution in [2.75, 3.05) is 0 Å². The van der Waals surface area contributed by atoms with E-state index in [0.29, 0.717) is 18.3 Å². The molecule has 16 heavy (non-hydrogen) atoms. The lowest BCUT2D eigenvalue weighted by atomic mass is 9.47. The predicted octanol–water partition coefficient (Wildman–Crippen LogP) is 0.848. The Morgan fingerprint density at radius 2 is 1.88 bits per heavy atom. The van der Waals surface area contributed by atoms with Crippen LogP contribution in [0, 0.1) is 17.3 Å². The normalized spacial score (nSPS) is 49.6. The van der Waals surface area contributed by atoms with Gasteiger partial charge in [0.15, 0.2) is 0 Å². The summed E-state index contributed by atoms with van der Waals surface area (Å²) in [6, 6.07) is 0. The predicted molar refractivity (Wildman–Crippen MR) is 56.3 cm³/mol. The molecule has 0 radical (unpaired) electrons. The maximum absolute atomic E-state index is 10.6. The van der Waals surface area contributed by atoms with Gasteiger partial charge in [-0.3, -0.25) is 0 Å².